The summed E-state index contributed by atoms with van der Waals surface area (Å²) >= 11 is 0. The first-order valence-corrected chi connectivity index (χ1v) is 4.07. The van der Waals surface area contributed by atoms with Gasteiger partial charge in [-0.3, -0.25) is 4.79 Å². The van der Waals surface area contributed by atoms with Gasteiger partial charge in [0.2, 0.25) is 0 Å². The third-order valence-corrected chi connectivity index (χ3v) is 2.50. The highest BCUT2D eigenvalue weighted by atomic mass is 16.1. The van der Waals surface area contributed by atoms with Crippen molar-refractivity contribution in [2.75, 3.05) is 0 Å². The smallest absolute Gasteiger partial charge is 0.145 e. The molecule has 0 N–H and O–H groups in total. The molecule has 0 heterocycles. The number of carbonyl (C=O) groups excluding carboxylic acids is 2. The normalized spacial score (nSPS) is 11.2. The number of Topliss-reactive ketones (excluding diaryl/α,β-unsaturated/α-hetero) is 1. The first-order valence-electron chi connectivity index (χ1n) is 4.07. The monoisotopic (exact) mass is 156 g/mol. The number of ketones is 1. The van der Waals surface area contributed by atoms with Crippen molar-refractivity contribution in [2.24, 2.45) is 5.41 Å². The zero-order valence-corrected chi connectivity index (χ0v) is 7.52. The Bertz CT molecular complexity index is 146. The lowest BCUT2D eigenvalue weighted by Crippen LogP contribution is -2.26. The van der Waals surface area contributed by atoms with Crippen molar-refractivity contribution in [3.05, 3.63) is 0 Å². The van der Waals surface area contributed by atoms with Gasteiger partial charge in [0.1, 0.15) is 12.1 Å². The number of carbonyl (C=O) groups is 2. The first kappa shape index (κ1) is 10.3. The van der Waals surface area contributed by atoms with Gasteiger partial charge in [0.25, 0.3) is 0 Å². The van der Waals surface area contributed by atoms with Gasteiger partial charge in [-0.05, 0) is 12.8 Å². The Labute approximate surface area is 68.0 Å². The second-order valence-corrected chi connectivity index (χ2v) is 3.06. The van der Waals surface area contributed by atoms with Gasteiger partial charge in [0.15, 0.2) is 0 Å². The number of rotatable bonds is 5. The molecule has 0 aromatic rings. The molecular weight excluding hydrogens is 140 g/mol. The minimum Gasteiger partial charge on any atom is -0.303 e. The quantitative estimate of drug-likeness (QED) is 0.450. The highest BCUT2D eigenvalue weighted by Crippen LogP contribution is 2.27. The Morgan fingerprint density at radius 2 is 1.82 bits per heavy atom. The zero-order valence-electron chi connectivity index (χ0n) is 7.52. The fourth-order valence-corrected chi connectivity index (χ4v) is 0.966. The summed E-state index contributed by atoms with van der Waals surface area (Å²) in [5.41, 5.74) is -0.277. The first-order chi connectivity index (χ1) is 5.10. The third-order valence-electron chi connectivity index (χ3n) is 2.50. The molecule has 0 saturated carbocycles. The Hall–Kier alpha value is -0.660. The largest absolute Gasteiger partial charge is 0.303 e. The maximum Gasteiger partial charge on any atom is 0.145 e. The molecule has 0 spiro atoms. The molecule has 0 aromatic carbocycles. The molecule has 0 aliphatic heterocycles. The minimum atomic E-state index is -0.277. The predicted molar refractivity (Wildman–Crippen MR) is 44.4 cm³/mol. The summed E-state index contributed by atoms with van der Waals surface area (Å²) in [4.78, 5) is 21.4. The van der Waals surface area contributed by atoms with E-state index in [1.165, 1.54) is 0 Å². The summed E-state index contributed by atoms with van der Waals surface area (Å²) in [6.45, 7) is 5.87. The molecule has 0 fully saturated rings. The zero-order chi connectivity index (χ0) is 8.91. The molecule has 0 aliphatic rings. The fourth-order valence-electron chi connectivity index (χ4n) is 0.966. The Morgan fingerprint density at radius 1 is 1.36 bits per heavy atom. The topological polar surface area (TPSA) is 34.1 Å². The predicted octanol–water partition coefficient (Wildman–Crippen LogP) is 1.97. The average molecular weight is 156 g/mol. The maximum atomic E-state index is 11.3. The summed E-state index contributed by atoms with van der Waals surface area (Å²) in [7, 11) is 0. The Morgan fingerprint density at radius 3 is 2.09 bits per heavy atom. The van der Waals surface area contributed by atoms with Gasteiger partial charge >= 0.3 is 0 Å². The van der Waals surface area contributed by atoms with E-state index in [9.17, 15) is 9.59 Å². The van der Waals surface area contributed by atoms with E-state index in [0.29, 0.717) is 6.29 Å². The van der Waals surface area contributed by atoms with E-state index in [-0.39, 0.29) is 17.6 Å². The van der Waals surface area contributed by atoms with Gasteiger partial charge in [0, 0.05) is 5.41 Å². The van der Waals surface area contributed by atoms with Gasteiger partial charge in [-0.15, -0.1) is 0 Å². The summed E-state index contributed by atoms with van der Waals surface area (Å²) in [5.74, 6) is 0.0671. The molecule has 0 bridgehead atoms. The van der Waals surface area contributed by atoms with E-state index < -0.39 is 0 Å². The molecule has 0 aromatic heterocycles. The average Bonchev–Trinajstić information content (AvgIpc) is 2.03. The Kier molecular flexibility index (Phi) is 4.01. The van der Waals surface area contributed by atoms with Crippen LogP contribution in [-0.4, -0.2) is 12.1 Å². The molecule has 0 rings (SSSR count). The van der Waals surface area contributed by atoms with Crippen LogP contribution in [0.15, 0.2) is 0 Å². The SMILES string of the molecule is CCC(C)(CC)C(=O)CC=O. The van der Waals surface area contributed by atoms with Crippen LogP contribution in [0.1, 0.15) is 40.0 Å². The van der Waals surface area contributed by atoms with Crippen molar-refractivity contribution in [3.63, 3.8) is 0 Å². The fraction of sp³-hybridized carbons (Fsp3) is 0.778. The van der Waals surface area contributed by atoms with Crippen LogP contribution in [0.3, 0.4) is 0 Å². The van der Waals surface area contributed by atoms with Crippen molar-refractivity contribution in [1.29, 1.82) is 0 Å². The van der Waals surface area contributed by atoms with Crippen molar-refractivity contribution in [3.8, 4) is 0 Å². The lowest BCUT2D eigenvalue weighted by Gasteiger charge is -2.23. The summed E-state index contributed by atoms with van der Waals surface area (Å²) < 4.78 is 0. The summed E-state index contributed by atoms with van der Waals surface area (Å²) in [5, 5.41) is 0. The van der Waals surface area contributed by atoms with Crippen LogP contribution in [0, 0.1) is 5.41 Å². The third kappa shape index (κ3) is 2.45. The number of hydrogen-bond donors (Lipinski definition) is 0. The Balaban J connectivity index is 4.23. The van der Waals surface area contributed by atoms with Gasteiger partial charge in [0.05, 0.1) is 6.42 Å². The molecule has 2 nitrogen and oxygen atoms in total. The number of aldehydes is 1. The number of hydrogen-bond acceptors (Lipinski definition) is 2. The second kappa shape index (κ2) is 4.27. The van der Waals surface area contributed by atoms with Gasteiger partial charge < -0.3 is 4.79 Å². The van der Waals surface area contributed by atoms with E-state index >= 15 is 0 Å². The summed E-state index contributed by atoms with van der Waals surface area (Å²) in [6.07, 6.45) is 2.39. The molecule has 0 aliphatic carbocycles. The molecule has 0 atom stereocenters. The maximum absolute atomic E-state index is 11.3. The van der Waals surface area contributed by atoms with Gasteiger partial charge in [-0.2, -0.15) is 0 Å². The molecule has 0 radical (unpaired) electrons. The molecule has 11 heavy (non-hydrogen) atoms. The van der Waals surface area contributed by atoms with Gasteiger partial charge in [-0.1, -0.05) is 20.8 Å². The lowest BCUT2D eigenvalue weighted by molar-refractivity contribution is -0.130. The van der Waals surface area contributed by atoms with Crippen LogP contribution in [0.2, 0.25) is 0 Å². The van der Waals surface area contributed by atoms with Crippen LogP contribution < -0.4 is 0 Å². The highest BCUT2D eigenvalue weighted by molar-refractivity contribution is 5.93. The molecule has 0 saturated heterocycles. The van der Waals surface area contributed by atoms with Crippen molar-refractivity contribution in [1.82, 2.24) is 0 Å². The lowest BCUT2D eigenvalue weighted by atomic mass is 9.79. The van der Waals surface area contributed by atoms with E-state index in [2.05, 4.69) is 0 Å². The van der Waals surface area contributed by atoms with E-state index in [1.807, 2.05) is 20.8 Å². The van der Waals surface area contributed by atoms with Crippen molar-refractivity contribution >= 4 is 12.1 Å². The van der Waals surface area contributed by atoms with Crippen LogP contribution in [0.25, 0.3) is 0 Å². The van der Waals surface area contributed by atoms with Crippen molar-refractivity contribution < 1.29 is 9.59 Å². The van der Waals surface area contributed by atoms with Crippen molar-refractivity contribution in [2.45, 2.75) is 40.0 Å². The molecular formula is C9H16O2. The van der Waals surface area contributed by atoms with Crippen LogP contribution in [-0.2, 0) is 9.59 Å². The minimum absolute atomic E-state index is 0.0671. The molecule has 0 unspecified atom stereocenters. The second-order valence-electron chi connectivity index (χ2n) is 3.06. The molecule has 2 heteroatoms. The van der Waals surface area contributed by atoms with E-state index in [4.69, 9.17) is 0 Å². The van der Waals surface area contributed by atoms with Gasteiger partial charge in [-0.25, -0.2) is 0 Å². The molecule has 64 valence electrons. The van der Waals surface area contributed by atoms with E-state index in [1.54, 1.807) is 0 Å². The highest BCUT2D eigenvalue weighted by Gasteiger charge is 2.27. The van der Waals surface area contributed by atoms with Crippen LogP contribution in [0.4, 0.5) is 0 Å². The van der Waals surface area contributed by atoms with E-state index in [0.717, 1.165) is 12.8 Å². The van der Waals surface area contributed by atoms with Crippen LogP contribution in [0.5, 0.6) is 0 Å². The molecule has 0 amide bonds. The van der Waals surface area contributed by atoms with Crippen LogP contribution >= 0.6 is 0 Å². The summed E-state index contributed by atoms with van der Waals surface area (Å²) in [6, 6.07) is 0. The standard InChI is InChI=1S/C9H16O2/c1-4-9(3,5-2)8(11)6-7-10/h7H,4-6H2,1-3H3.